The number of piperazine rings is 1. The number of para-hydroxylation sites is 1. The number of urea groups is 1. The minimum absolute atomic E-state index is 0.194. The van der Waals surface area contributed by atoms with E-state index in [1.807, 2.05) is 6.07 Å². The number of hydrogen-bond donors (Lipinski definition) is 1. The van der Waals surface area contributed by atoms with Crippen molar-refractivity contribution in [2.75, 3.05) is 31.1 Å². The molecule has 1 fully saturated rings. The van der Waals surface area contributed by atoms with Gasteiger partial charge in [0.2, 0.25) is 5.89 Å². The molecule has 3 amide bonds. The van der Waals surface area contributed by atoms with E-state index in [1.165, 1.54) is 4.90 Å². The summed E-state index contributed by atoms with van der Waals surface area (Å²) in [5.74, 6) is -1.68. The number of carbonyl (C=O) groups is 2. The molecule has 1 saturated heterocycles. The Morgan fingerprint density at radius 3 is 2.12 bits per heavy atom. The van der Waals surface area contributed by atoms with E-state index in [0.29, 0.717) is 11.3 Å². The molecule has 9 nitrogen and oxygen atoms in total. The summed E-state index contributed by atoms with van der Waals surface area (Å²) in [5.41, 5.74) is 1.69. The molecule has 0 aliphatic carbocycles. The van der Waals surface area contributed by atoms with E-state index in [2.05, 4.69) is 10.2 Å². The minimum atomic E-state index is -4.72. The maximum absolute atomic E-state index is 13.3. The fourth-order valence-corrected chi connectivity index (χ4v) is 3.53. The van der Waals surface area contributed by atoms with Crippen molar-refractivity contribution in [2.24, 2.45) is 0 Å². The number of amides is 3. The molecular weight excluding hydrogens is 455 g/mol. The molecule has 0 spiro atoms. The second-order valence-electron chi connectivity index (χ2n) is 7.57. The molecule has 2 aromatic carbocycles. The highest BCUT2D eigenvalue weighted by Crippen LogP contribution is 2.30. The van der Waals surface area contributed by atoms with Crippen molar-refractivity contribution >= 4 is 17.8 Å². The highest BCUT2D eigenvalue weighted by molar-refractivity contribution is 5.92. The number of alkyl halides is 3. The van der Waals surface area contributed by atoms with Crippen molar-refractivity contribution in [3.8, 4) is 11.5 Å². The van der Waals surface area contributed by atoms with Gasteiger partial charge in [0.1, 0.15) is 0 Å². The molecule has 1 aliphatic rings. The van der Waals surface area contributed by atoms with E-state index < -0.39 is 18.2 Å². The summed E-state index contributed by atoms with van der Waals surface area (Å²) in [6, 6.07) is 15.2. The van der Waals surface area contributed by atoms with Crippen molar-refractivity contribution in [2.45, 2.75) is 12.7 Å². The second-order valence-corrected chi connectivity index (χ2v) is 7.57. The van der Waals surface area contributed by atoms with Crippen molar-refractivity contribution in [3.05, 3.63) is 66.1 Å². The van der Waals surface area contributed by atoms with Crippen molar-refractivity contribution in [3.63, 3.8) is 0 Å². The number of hydrogen-bond acceptors (Lipinski definition) is 5. The SMILES string of the molecule is O=C(O)N1CCN(C(=O)N(Cc2ccc(-c3nnc(C(F)(F)F)o3)cc2)c2ccccc2)CC1. The number of aromatic nitrogens is 2. The molecule has 4 rings (SSSR count). The highest BCUT2D eigenvalue weighted by atomic mass is 19.4. The lowest BCUT2D eigenvalue weighted by Gasteiger charge is -2.36. The number of anilines is 1. The lowest BCUT2D eigenvalue weighted by atomic mass is 10.1. The normalized spacial score (nSPS) is 14.2. The molecule has 2 heterocycles. The summed E-state index contributed by atoms with van der Waals surface area (Å²) < 4.78 is 42.8. The maximum Gasteiger partial charge on any atom is 0.470 e. The highest BCUT2D eigenvalue weighted by Gasteiger charge is 2.38. The lowest BCUT2D eigenvalue weighted by Crippen LogP contribution is -2.53. The molecule has 178 valence electrons. The predicted octanol–water partition coefficient (Wildman–Crippen LogP) is 4.18. The van der Waals surface area contributed by atoms with E-state index in [9.17, 15) is 22.8 Å². The Morgan fingerprint density at radius 1 is 0.941 bits per heavy atom. The molecule has 1 aromatic heterocycles. The van der Waals surface area contributed by atoms with Gasteiger partial charge in [-0.15, -0.1) is 10.2 Å². The number of carbonyl (C=O) groups excluding carboxylic acids is 1. The first-order valence-corrected chi connectivity index (χ1v) is 10.3. The average Bonchev–Trinajstić information content (AvgIpc) is 3.34. The van der Waals surface area contributed by atoms with E-state index >= 15 is 0 Å². The Hall–Kier alpha value is -4.09. The van der Waals surface area contributed by atoms with Crippen LogP contribution in [0.25, 0.3) is 11.5 Å². The van der Waals surface area contributed by atoms with Crippen LogP contribution in [0.5, 0.6) is 0 Å². The zero-order valence-electron chi connectivity index (χ0n) is 17.8. The molecule has 0 saturated carbocycles. The fraction of sp³-hybridized carbons (Fsp3) is 0.273. The Kier molecular flexibility index (Phi) is 6.39. The van der Waals surface area contributed by atoms with Gasteiger partial charge in [-0.05, 0) is 29.8 Å². The van der Waals surface area contributed by atoms with E-state index in [-0.39, 0.29) is 44.6 Å². The van der Waals surface area contributed by atoms with Crippen molar-refractivity contribution in [1.29, 1.82) is 0 Å². The van der Waals surface area contributed by atoms with Gasteiger partial charge >= 0.3 is 24.2 Å². The summed E-state index contributed by atoms with van der Waals surface area (Å²) in [5, 5.41) is 15.6. The largest absolute Gasteiger partial charge is 0.470 e. The van der Waals surface area contributed by atoms with Gasteiger partial charge in [-0.2, -0.15) is 13.2 Å². The van der Waals surface area contributed by atoms with Crippen LogP contribution in [0.3, 0.4) is 0 Å². The zero-order valence-corrected chi connectivity index (χ0v) is 17.8. The fourth-order valence-electron chi connectivity index (χ4n) is 3.53. The standard InChI is InChI=1S/C22H20F3N5O4/c23-22(24,25)19-27-26-18(34-19)16-8-6-15(7-9-16)14-30(17-4-2-1-3-5-17)20(31)28-10-12-29(13-11-28)21(32)33/h1-9H,10-14H2,(H,32,33). The summed E-state index contributed by atoms with van der Waals surface area (Å²) in [6.07, 6.45) is -5.74. The maximum atomic E-state index is 13.3. The molecule has 1 N–H and O–H groups in total. The molecule has 0 radical (unpaired) electrons. The average molecular weight is 475 g/mol. The van der Waals surface area contributed by atoms with Gasteiger partial charge in [0.25, 0.3) is 0 Å². The smallest absolute Gasteiger partial charge is 0.465 e. The molecule has 0 bridgehead atoms. The Bertz CT molecular complexity index is 1140. The third-order valence-electron chi connectivity index (χ3n) is 5.33. The summed E-state index contributed by atoms with van der Waals surface area (Å²) in [6.45, 7) is 1.18. The molecule has 1 aliphatic heterocycles. The van der Waals surface area contributed by atoms with Crippen molar-refractivity contribution in [1.82, 2.24) is 20.0 Å². The van der Waals surface area contributed by atoms with Crippen LogP contribution in [-0.2, 0) is 12.7 Å². The first kappa shape index (κ1) is 23.1. The number of benzene rings is 2. The van der Waals surface area contributed by atoms with E-state index in [0.717, 1.165) is 5.56 Å². The van der Waals surface area contributed by atoms with Gasteiger partial charge in [-0.25, -0.2) is 9.59 Å². The number of nitrogens with zero attached hydrogens (tertiary/aromatic N) is 5. The van der Waals surface area contributed by atoms with Crippen LogP contribution in [0.4, 0.5) is 28.4 Å². The van der Waals surface area contributed by atoms with Crippen LogP contribution in [0, 0.1) is 0 Å². The Labute approximate surface area is 192 Å². The van der Waals surface area contributed by atoms with Crippen LogP contribution >= 0.6 is 0 Å². The first-order chi connectivity index (χ1) is 16.2. The zero-order chi connectivity index (χ0) is 24.3. The molecule has 0 unspecified atom stereocenters. The Balaban J connectivity index is 1.51. The van der Waals surface area contributed by atoms with Gasteiger partial charge in [0.15, 0.2) is 0 Å². The molecule has 0 atom stereocenters. The second kappa shape index (κ2) is 9.41. The van der Waals surface area contributed by atoms with Gasteiger partial charge in [-0.1, -0.05) is 30.3 Å². The summed E-state index contributed by atoms with van der Waals surface area (Å²) in [7, 11) is 0. The van der Waals surface area contributed by atoms with Gasteiger partial charge in [0, 0.05) is 37.4 Å². The third kappa shape index (κ3) is 5.11. The quantitative estimate of drug-likeness (QED) is 0.607. The number of rotatable bonds is 4. The third-order valence-corrected chi connectivity index (χ3v) is 5.33. The Morgan fingerprint density at radius 2 is 1.56 bits per heavy atom. The minimum Gasteiger partial charge on any atom is -0.465 e. The molecule has 12 heteroatoms. The van der Waals surface area contributed by atoms with Crippen LogP contribution in [0.1, 0.15) is 11.5 Å². The topological polar surface area (TPSA) is 103 Å². The van der Waals surface area contributed by atoms with E-state index in [4.69, 9.17) is 9.52 Å². The predicted molar refractivity (Wildman–Crippen MR) is 114 cm³/mol. The number of halogens is 3. The summed E-state index contributed by atoms with van der Waals surface area (Å²) in [4.78, 5) is 28.9. The molecule has 3 aromatic rings. The first-order valence-electron chi connectivity index (χ1n) is 10.3. The molecular formula is C22H20F3N5O4. The summed E-state index contributed by atoms with van der Waals surface area (Å²) >= 11 is 0. The van der Waals surface area contributed by atoms with Crippen LogP contribution in [0.2, 0.25) is 0 Å². The van der Waals surface area contributed by atoms with Crippen LogP contribution in [0.15, 0.2) is 59.0 Å². The van der Waals surface area contributed by atoms with Crippen LogP contribution in [-0.4, -0.2) is 63.4 Å². The van der Waals surface area contributed by atoms with Gasteiger partial charge < -0.3 is 19.3 Å². The van der Waals surface area contributed by atoms with E-state index in [1.54, 1.807) is 58.3 Å². The van der Waals surface area contributed by atoms with Gasteiger partial charge in [0.05, 0.1) is 6.54 Å². The lowest BCUT2D eigenvalue weighted by molar-refractivity contribution is -0.156. The monoisotopic (exact) mass is 475 g/mol. The molecule has 34 heavy (non-hydrogen) atoms. The van der Waals surface area contributed by atoms with Crippen LogP contribution < -0.4 is 4.90 Å². The van der Waals surface area contributed by atoms with Crippen molar-refractivity contribution < 1.29 is 32.3 Å². The van der Waals surface area contributed by atoms with Gasteiger partial charge in [-0.3, -0.25) is 4.90 Å². The number of carboxylic acid groups (broad SMARTS) is 1.